The Morgan fingerprint density at radius 2 is 1.96 bits per heavy atom. The third kappa shape index (κ3) is 3.32. The number of hydrogen-bond acceptors (Lipinski definition) is 5. The number of carbonyl (C=O) groups is 1. The zero-order chi connectivity index (χ0) is 18.5. The van der Waals surface area contributed by atoms with Crippen LogP contribution in [0.15, 0.2) is 55.0 Å². The molecule has 0 aliphatic rings. The summed E-state index contributed by atoms with van der Waals surface area (Å²) in [5.41, 5.74) is 9.07. The van der Waals surface area contributed by atoms with Crippen molar-refractivity contribution >= 4 is 23.8 Å². The second-order valence-electron chi connectivity index (χ2n) is 5.49. The monoisotopic (exact) mass is 344 g/mol. The number of benzene rings is 1. The summed E-state index contributed by atoms with van der Waals surface area (Å²) in [6.07, 6.45) is 8.91. The number of esters is 1. The predicted octanol–water partition coefficient (Wildman–Crippen LogP) is 3.28. The van der Waals surface area contributed by atoms with E-state index in [1.54, 1.807) is 17.0 Å². The van der Waals surface area contributed by atoms with Crippen LogP contribution in [0.1, 0.15) is 27.2 Å². The van der Waals surface area contributed by atoms with Gasteiger partial charge in [-0.25, -0.2) is 4.79 Å². The number of rotatable bonds is 4. The Balaban J connectivity index is 2.02. The molecule has 0 atom stereocenters. The Bertz CT molecular complexity index is 1010. The number of pyridine rings is 1. The highest BCUT2D eigenvalue weighted by Gasteiger charge is 2.21. The zero-order valence-electron chi connectivity index (χ0n) is 14.1. The summed E-state index contributed by atoms with van der Waals surface area (Å²) in [6, 6.07) is 13.3. The molecule has 0 fully saturated rings. The maximum Gasteiger partial charge on any atom is 0.357 e. The number of nitriles is 1. The first-order chi connectivity index (χ1) is 12.6. The quantitative estimate of drug-likeness (QED) is 0.733. The van der Waals surface area contributed by atoms with Crippen LogP contribution < -0.4 is 5.73 Å². The van der Waals surface area contributed by atoms with Crippen LogP contribution in [0.25, 0.3) is 17.8 Å². The van der Waals surface area contributed by atoms with E-state index in [0.717, 1.165) is 11.1 Å². The van der Waals surface area contributed by atoms with Crippen molar-refractivity contribution in [2.45, 2.75) is 0 Å². The standard InChI is InChI=1S/C20H16N4O2/c1-26-20(25)19-18(22)16(12-21)13-24(19)17-4-2-3-15(11-17)6-5-14-7-9-23-10-8-14/h2-11,13H,22H2,1H3. The van der Waals surface area contributed by atoms with Crippen LogP contribution in [0, 0.1) is 11.3 Å². The maximum atomic E-state index is 12.1. The fourth-order valence-corrected chi connectivity index (χ4v) is 2.56. The van der Waals surface area contributed by atoms with Gasteiger partial charge in [-0.15, -0.1) is 0 Å². The molecular formula is C20H16N4O2. The summed E-state index contributed by atoms with van der Waals surface area (Å²) in [5.74, 6) is -0.596. The molecule has 26 heavy (non-hydrogen) atoms. The third-order valence-electron chi connectivity index (χ3n) is 3.87. The lowest BCUT2D eigenvalue weighted by Gasteiger charge is -2.09. The fraction of sp³-hybridized carbons (Fsp3) is 0.0500. The van der Waals surface area contributed by atoms with Gasteiger partial charge in [-0.1, -0.05) is 24.3 Å². The van der Waals surface area contributed by atoms with Gasteiger partial charge in [-0.05, 0) is 35.4 Å². The zero-order valence-corrected chi connectivity index (χ0v) is 14.1. The number of aromatic nitrogens is 2. The van der Waals surface area contributed by atoms with Crippen LogP contribution in [-0.2, 0) is 4.74 Å². The van der Waals surface area contributed by atoms with E-state index in [9.17, 15) is 10.1 Å². The molecule has 0 aliphatic heterocycles. The number of methoxy groups -OCH3 is 1. The Morgan fingerprint density at radius 3 is 2.65 bits per heavy atom. The van der Waals surface area contributed by atoms with Gasteiger partial charge in [0.2, 0.25) is 0 Å². The Labute approximate surface area is 150 Å². The van der Waals surface area contributed by atoms with Crippen molar-refractivity contribution in [3.05, 3.63) is 77.4 Å². The molecule has 0 amide bonds. The summed E-state index contributed by atoms with van der Waals surface area (Å²) in [6.45, 7) is 0. The number of nitrogens with zero attached hydrogens (tertiary/aromatic N) is 3. The number of carbonyl (C=O) groups excluding carboxylic acids is 1. The van der Waals surface area contributed by atoms with Gasteiger partial charge in [0.05, 0.1) is 18.4 Å². The molecule has 0 spiro atoms. The number of hydrogen-bond donors (Lipinski definition) is 1. The van der Waals surface area contributed by atoms with E-state index in [4.69, 9.17) is 10.5 Å². The van der Waals surface area contributed by atoms with Crippen molar-refractivity contribution in [2.24, 2.45) is 0 Å². The molecule has 0 saturated carbocycles. The van der Waals surface area contributed by atoms with Crippen LogP contribution in [0.4, 0.5) is 5.69 Å². The van der Waals surface area contributed by atoms with E-state index >= 15 is 0 Å². The molecule has 3 aromatic rings. The topological polar surface area (TPSA) is 93.9 Å². The second-order valence-corrected chi connectivity index (χ2v) is 5.49. The van der Waals surface area contributed by atoms with E-state index in [0.29, 0.717) is 5.69 Å². The highest BCUT2D eigenvalue weighted by atomic mass is 16.5. The van der Waals surface area contributed by atoms with E-state index in [1.807, 2.05) is 54.6 Å². The molecular weight excluding hydrogens is 328 g/mol. The SMILES string of the molecule is COC(=O)c1c(N)c(C#N)cn1-c1cccc(C=Cc2ccncc2)c1. The normalized spacial score (nSPS) is 10.6. The summed E-state index contributed by atoms with van der Waals surface area (Å²) >= 11 is 0. The molecule has 6 nitrogen and oxygen atoms in total. The molecule has 0 bridgehead atoms. The van der Waals surface area contributed by atoms with Crippen molar-refractivity contribution < 1.29 is 9.53 Å². The molecule has 2 aromatic heterocycles. The summed E-state index contributed by atoms with van der Waals surface area (Å²) in [5, 5.41) is 9.21. The van der Waals surface area contributed by atoms with Gasteiger partial charge in [-0.3, -0.25) is 4.98 Å². The molecule has 3 rings (SSSR count). The largest absolute Gasteiger partial charge is 0.464 e. The molecule has 0 radical (unpaired) electrons. The average molecular weight is 344 g/mol. The van der Waals surface area contributed by atoms with Crippen LogP contribution in [0.2, 0.25) is 0 Å². The van der Waals surface area contributed by atoms with Crippen molar-refractivity contribution in [3.8, 4) is 11.8 Å². The van der Waals surface area contributed by atoms with Crippen molar-refractivity contribution in [1.82, 2.24) is 9.55 Å². The highest BCUT2D eigenvalue weighted by molar-refractivity contribution is 5.96. The summed E-state index contributed by atoms with van der Waals surface area (Å²) in [7, 11) is 1.28. The molecule has 128 valence electrons. The highest BCUT2D eigenvalue weighted by Crippen LogP contribution is 2.25. The van der Waals surface area contributed by atoms with Crippen molar-refractivity contribution in [3.63, 3.8) is 0 Å². The lowest BCUT2D eigenvalue weighted by atomic mass is 10.1. The van der Waals surface area contributed by atoms with E-state index in [-0.39, 0.29) is 16.9 Å². The van der Waals surface area contributed by atoms with Crippen molar-refractivity contribution in [2.75, 3.05) is 12.8 Å². The Kier molecular flexibility index (Phi) is 4.81. The van der Waals surface area contributed by atoms with Crippen LogP contribution in [0.3, 0.4) is 0 Å². The van der Waals surface area contributed by atoms with E-state index in [1.165, 1.54) is 13.3 Å². The Morgan fingerprint density at radius 1 is 1.23 bits per heavy atom. The molecule has 0 saturated heterocycles. The van der Waals surface area contributed by atoms with Gasteiger partial charge < -0.3 is 15.0 Å². The number of anilines is 1. The minimum Gasteiger partial charge on any atom is -0.464 e. The average Bonchev–Trinajstić information content (AvgIpc) is 3.03. The molecule has 0 aliphatic carbocycles. The van der Waals surface area contributed by atoms with Crippen LogP contribution in [-0.4, -0.2) is 22.6 Å². The van der Waals surface area contributed by atoms with Gasteiger partial charge >= 0.3 is 5.97 Å². The number of nitrogen functional groups attached to an aromatic ring is 1. The smallest absolute Gasteiger partial charge is 0.357 e. The minimum atomic E-state index is -0.596. The van der Waals surface area contributed by atoms with E-state index in [2.05, 4.69) is 4.98 Å². The van der Waals surface area contributed by atoms with Gasteiger partial charge in [0.25, 0.3) is 0 Å². The minimum absolute atomic E-state index is 0.108. The first kappa shape index (κ1) is 17.0. The first-order valence-corrected chi connectivity index (χ1v) is 7.82. The molecule has 1 aromatic carbocycles. The van der Waals surface area contributed by atoms with Crippen LogP contribution >= 0.6 is 0 Å². The van der Waals surface area contributed by atoms with Crippen LogP contribution in [0.5, 0.6) is 0 Å². The molecule has 6 heteroatoms. The third-order valence-corrected chi connectivity index (χ3v) is 3.87. The summed E-state index contributed by atoms with van der Waals surface area (Å²) < 4.78 is 6.38. The lowest BCUT2D eigenvalue weighted by Crippen LogP contribution is -2.11. The number of ether oxygens (including phenoxy) is 1. The molecule has 2 N–H and O–H groups in total. The molecule has 0 unspecified atom stereocenters. The van der Waals surface area contributed by atoms with Crippen molar-refractivity contribution in [1.29, 1.82) is 5.26 Å². The Hall–Kier alpha value is -3.85. The first-order valence-electron chi connectivity index (χ1n) is 7.82. The fourth-order valence-electron chi connectivity index (χ4n) is 2.56. The number of nitrogens with two attached hydrogens (primary N) is 1. The lowest BCUT2D eigenvalue weighted by molar-refractivity contribution is 0.0593. The maximum absolute atomic E-state index is 12.1. The van der Waals surface area contributed by atoms with E-state index < -0.39 is 5.97 Å². The van der Waals surface area contributed by atoms with Gasteiger partial charge in [-0.2, -0.15) is 5.26 Å². The molecule has 2 heterocycles. The van der Waals surface area contributed by atoms with Gasteiger partial charge in [0, 0.05) is 24.3 Å². The summed E-state index contributed by atoms with van der Waals surface area (Å²) in [4.78, 5) is 16.1. The van der Waals surface area contributed by atoms with Gasteiger partial charge in [0.1, 0.15) is 6.07 Å². The van der Waals surface area contributed by atoms with Gasteiger partial charge in [0.15, 0.2) is 5.69 Å². The predicted molar refractivity (Wildman–Crippen MR) is 99.4 cm³/mol. The second kappa shape index (κ2) is 7.36.